The monoisotopic (exact) mass is 435 g/mol. The zero-order chi connectivity index (χ0) is 22.2. The average Bonchev–Trinajstić information content (AvgIpc) is 3.56. The smallest absolute Gasteiger partial charge is 0.310 e. The fourth-order valence-corrected chi connectivity index (χ4v) is 3.06. The van der Waals surface area contributed by atoms with E-state index in [1.54, 1.807) is 0 Å². The molecule has 31 heavy (non-hydrogen) atoms. The van der Waals surface area contributed by atoms with Crippen LogP contribution in [0.5, 0.6) is 5.88 Å². The first-order valence-corrected chi connectivity index (χ1v) is 9.60. The van der Waals surface area contributed by atoms with Crippen molar-refractivity contribution in [2.75, 3.05) is 18.5 Å². The van der Waals surface area contributed by atoms with Crippen LogP contribution in [0, 0.1) is 11.7 Å². The number of benzene rings is 1. The highest BCUT2D eigenvalue weighted by molar-refractivity contribution is 6.02. The van der Waals surface area contributed by atoms with Crippen LogP contribution in [0.15, 0.2) is 35.6 Å². The molecule has 1 aromatic heterocycles. The molecule has 1 amide bonds. The highest BCUT2D eigenvalue weighted by Crippen LogP contribution is 2.44. The summed E-state index contributed by atoms with van der Waals surface area (Å²) in [5.74, 6) is -4.25. The predicted molar refractivity (Wildman–Crippen MR) is 104 cm³/mol. The lowest BCUT2D eigenvalue weighted by atomic mass is 9.85. The lowest BCUT2D eigenvalue weighted by Gasteiger charge is -2.37. The molecular weight excluding hydrogens is 415 g/mol. The van der Waals surface area contributed by atoms with E-state index in [4.69, 9.17) is 10.5 Å². The SMILES string of the molecule is C[C@]1(c2cc(NC(=O)c3cnc(OCC4CC4)cn3)ccc2F)N=C(N)OCC1(F)F. The number of nitrogens with one attached hydrogen (secondary N) is 1. The number of nitrogens with two attached hydrogens (primary N) is 1. The van der Waals surface area contributed by atoms with E-state index < -0.39 is 41.4 Å². The van der Waals surface area contributed by atoms with E-state index >= 15 is 0 Å². The van der Waals surface area contributed by atoms with Gasteiger partial charge in [-0.3, -0.25) is 4.79 Å². The summed E-state index contributed by atoms with van der Waals surface area (Å²) >= 11 is 0. The Morgan fingerprint density at radius 3 is 2.77 bits per heavy atom. The number of amidine groups is 1. The minimum Gasteiger partial charge on any atom is -0.476 e. The second-order valence-electron chi connectivity index (χ2n) is 7.66. The maximum atomic E-state index is 14.5. The third-order valence-corrected chi connectivity index (χ3v) is 5.22. The molecule has 1 atom stereocenters. The second-order valence-corrected chi connectivity index (χ2v) is 7.66. The number of aromatic nitrogens is 2. The zero-order valence-corrected chi connectivity index (χ0v) is 16.6. The molecule has 164 valence electrons. The Labute approximate surface area is 175 Å². The Morgan fingerprint density at radius 2 is 2.10 bits per heavy atom. The Hall–Kier alpha value is -3.37. The maximum absolute atomic E-state index is 14.5. The minimum atomic E-state index is -3.53. The number of halogens is 3. The third kappa shape index (κ3) is 4.25. The number of carbonyl (C=O) groups is 1. The van der Waals surface area contributed by atoms with Crippen LogP contribution in [-0.2, 0) is 10.3 Å². The molecule has 0 radical (unpaired) electrons. The summed E-state index contributed by atoms with van der Waals surface area (Å²) in [6, 6.07) is 2.82. The van der Waals surface area contributed by atoms with Crippen LogP contribution in [0.3, 0.4) is 0 Å². The summed E-state index contributed by atoms with van der Waals surface area (Å²) in [5.41, 5.74) is 2.76. The van der Waals surface area contributed by atoms with Gasteiger partial charge in [-0.25, -0.2) is 19.4 Å². The number of ether oxygens (including phenoxy) is 2. The van der Waals surface area contributed by atoms with Crippen LogP contribution in [-0.4, -0.2) is 41.0 Å². The predicted octanol–water partition coefficient (Wildman–Crippen LogP) is 2.85. The number of carbonyl (C=O) groups excluding carboxylic acids is 1. The molecular formula is C20H20F3N5O3. The molecule has 1 aliphatic carbocycles. The van der Waals surface area contributed by atoms with Gasteiger partial charge >= 0.3 is 5.92 Å². The van der Waals surface area contributed by atoms with E-state index in [0.29, 0.717) is 18.4 Å². The largest absolute Gasteiger partial charge is 0.476 e. The van der Waals surface area contributed by atoms with Gasteiger partial charge in [0.15, 0.2) is 12.1 Å². The standard InChI is InChI=1S/C20H20F3N5O3/c1-19(20(22,23)10-31-18(24)28-19)13-6-12(4-5-14(13)21)27-17(29)15-7-26-16(8-25-15)30-9-11-2-3-11/h4-8,11H,2-3,9-10H2,1H3,(H2,24,28)(H,27,29)/t19-/m1/s1. The van der Waals surface area contributed by atoms with E-state index in [9.17, 15) is 18.0 Å². The highest BCUT2D eigenvalue weighted by atomic mass is 19.3. The van der Waals surface area contributed by atoms with Gasteiger partial charge in [0, 0.05) is 11.3 Å². The van der Waals surface area contributed by atoms with Crippen LogP contribution >= 0.6 is 0 Å². The highest BCUT2D eigenvalue weighted by Gasteiger charge is 2.56. The topological polar surface area (TPSA) is 112 Å². The van der Waals surface area contributed by atoms with Crippen molar-refractivity contribution >= 4 is 17.6 Å². The summed E-state index contributed by atoms with van der Waals surface area (Å²) in [5, 5.41) is 2.50. The van der Waals surface area contributed by atoms with E-state index in [1.165, 1.54) is 18.5 Å². The number of nitrogens with zero attached hydrogens (tertiary/aromatic N) is 3. The van der Waals surface area contributed by atoms with Crippen LogP contribution in [0.2, 0.25) is 0 Å². The number of hydrogen-bond acceptors (Lipinski definition) is 7. The first-order chi connectivity index (χ1) is 14.7. The Bertz CT molecular complexity index is 1030. The number of amides is 1. The molecule has 0 spiro atoms. The van der Waals surface area contributed by atoms with Crippen molar-refractivity contribution in [3.63, 3.8) is 0 Å². The maximum Gasteiger partial charge on any atom is 0.310 e. The quantitative estimate of drug-likeness (QED) is 0.722. The van der Waals surface area contributed by atoms with Crippen molar-refractivity contribution < 1.29 is 27.4 Å². The van der Waals surface area contributed by atoms with Crippen molar-refractivity contribution in [1.29, 1.82) is 0 Å². The van der Waals surface area contributed by atoms with E-state index in [-0.39, 0.29) is 11.4 Å². The molecule has 1 aromatic carbocycles. The van der Waals surface area contributed by atoms with Crippen LogP contribution in [0.4, 0.5) is 18.9 Å². The Morgan fingerprint density at radius 1 is 1.32 bits per heavy atom. The Balaban J connectivity index is 1.53. The van der Waals surface area contributed by atoms with E-state index in [1.807, 2.05) is 0 Å². The molecule has 4 rings (SSSR count). The first kappa shape index (κ1) is 20.9. The molecule has 11 heteroatoms. The van der Waals surface area contributed by atoms with Gasteiger partial charge < -0.3 is 20.5 Å². The summed E-state index contributed by atoms with van der Waals surface area (Å²) in [6.45, 7) is 0.567. The van der Waals surface area contributed by atoms with Crippen molar-refractivity contribution in [2.24, 2.45) is 16.6 Å². The number of hydrogen-bond donors (Lipinski definition) is 2. The molecule has 0 saturated heterocycles. The number of aliphatic imine (C=N–C) groups is 1. The fraction of sp³-hybridized carbons (Fsp3) is 0.400. The van der Waals surface area contributed by atoms with Crippen LogP contribution in [0.25, 0.3) is 0 Å². The lowest BCUT2D eigenvalue weighted by Crippen LogP contribution is -2.51. The Kier molecular flexibility index (Phi) is 5.19. The average molecular weight is 435 g/mol. The third-order valence-electron chi connectivity index (χ3n) is 5.22. The molecule has 0 unspecified atom stereocenters. The van der Waals surface area contributed by atoms with Crippen LogP contribution in [0.1, 0.15) is 35.8 Å². The molecule has 0 bridgehead atoms. The van der Waals surface area contributed by atoms with Crippen LogP contribution < -0.4 is 15.8 Å². The van der Waals surface area contributed by atoms with Gasteiger partial charge in [0.2, 0.25) is 5.88 Å². The van der Waals surface area contributed by atoms with Gasteiger partial charge in [-0.2, -0.15) is 8.78 Å². The van der Waals surface area contributed by atoms with Crippen molar-refractivity contribution in [3.8, 4) is 5.88 Å². The normalized spacial score (nSPS) is 22.3. The second kappa shape index (κ2) is 7.71. The van der Waals surface area contributed by atoms with Gasteiger partial charge in [-0.15, -0.1) is 0 Å². The van der Waals surface area contributed by atoms with Gasteiger partial charge in [0.25, 0.3) is 11.9 Å². The summed E-state index contributed by atoms with van der Waals surface area (Å²) in [6.07, 6.45) is 4.82. The summed E-state index contributed by atoms with van der Waals surface area (Å²) in [4.78, 5) is 24.2. The van der Waals surface area contributed by atoms with Gasteiger partial charge in [-0.05, 0) is 43.9 Å². The molecule has 2 aliphatic rings. The molecule has 3 N–H and O–H groups in total. The van der Waals surface area contributed by atoms with E-state index in [2.05, 4.69) is 25.0 Å². The van der Waals surface area contributed by atoms with E-state index in [0.717, 1.165) is 31.9 Å². The molecule has 2 aromatic rings. The lowest BCUT2D eigenvalue weighted by molar-refractivity contribution is -0.117. The minimum absolute atomic E-state index is 0.0190. The van der Waals surface area contributed by atoms with Gasteiger partial charge in [0.05, 0.1) is 19.0 Å². The first-order valence-electron chi connectivity index (χ1n) is 9.60. The summed E-state index contributed by atoms with van der Waals surface area (Å²) in [7, 11) is 0. The molecule has 2 heterocycles. The van der Waals surface area contributed by atoms with Crippen molar-refractivity contribution in [2.45, 2.75) is 31.2 Å². The van der Waals surface area contributed by atoms with Crippen molar-refractivity contribution in [1.82, 2.24) is 9.97 Å². The molecule has 1 fully saturated rings. The summed E-state index contributed by atoms with van der Waals surface area (Å²) < 4.78 is 53.6. The van der Waals surface area contributed by atoms with Crippen molar-refractivity contribution in [3.05, 3.63) is 47.7 Å². The fourth-order valence-electron chi connectivity index (χ4n) is 3.06. The number of alkyl halides is 2. The molecule has 1 saturated carbocycles. The zero-order valence-electron chi connectivity index (χ0n) is 16.6. The number of rotatable bonds is 6. The molecule has 1 aliphatic heterocycles. The van der Waals surface area contributed by atoms with Gasteiger partial charge in [0.1, 0.15) is 11.5 Å². The number of anilines is 1. The molecule has 8 nitrogen and oxygen atoms in total. The van der Waals surface area contributed by atoms with Gasteiger partial charge in [-0.1, -0.05) is 0 Å².